The molecule has 0 aliphatic heterocycles. The van der Waals surface area contributed by atoms with Gasteiger partial charge < -0.3 is 10.5 Å². The predicted molar refractivity (Wildman–Crippen MR) is 115 cm³/mol. The summed E-state index contributed by atoms with van der Waals surface area (Å²) in [6, 6.07) is 1.67. The lowest BCUT2D eigenvalue weighted by molar-refractivity contribution is -0.120. The SMILES string of the molecule is CCOC(=O)N(C)c1c(C2(C(N)=O)CC2)c(C#N)nn1-c1c(Cl)cc(S(F)(F)(F)(F)F)cc1Cl. The van der Waals surface area contributed by atoms with Crippen molar-refractivity contribution in [2.45, 2.75) is 30.1 Å². The lowest BCUT2D eigenvalue weighted by atomic mass is 9.94. The van der Waals surface area contributed by atoms with Crippen LogP contribution in [0, 0.1) is 11.3 Å². The summed E-state index contributed by atoms with van der Waals surface area (Å²) in [5.41, 5.74) is 3.09. The molecule has 1 heterocycles. The summed E-state index contributed by atoms with van der Waals surface area (Å²) in [4.78, 5) is 23.2. The zero-order valence-electron chi connectivity index (χ0n) is 17.4. The number of primary amides is 1. The highest BCUT2D eigenvalue weighted by Crippen LogP contribution is 3.02. The van der Waals surface area contributed by atoms with E-state index in [1.807, 2.05) is 0 Å². The largest absolute Gasteiger partial charge is 0.449 e. The van der Waals surface area contributed by atoms with Crippen molar-refractivity contribution in [3.63, 3.8) is 0 Å². The number of hydrogen-bond donors (Lipinski definition) is 1. The fraction of sp³-hybridized carbons (Fsp3) is 0.333. The molecule has 34 heavy (non-hydrogen) atoms. The molecule has 0 spiro atoms. The van der Waals surface area contributed by atoms with Gasteiger partial charge in [0.05, 0.1) is 22.1 Å². The number of amides is 2. The smallest absolute Gasteiger partial charge is 0.415 e. The summed E-state index contributed by atoms with van der Waals surface area (Å²) in [7, 11) is -8.97. The summed E-state index contributed by atoms with van der Waals surface area (Å²) in [6.45, 7) is 1.43. The van der Waals surface area contributed by atoms with Gasteiger partial charge in [-0.2, -0.15) is 10.4 Å². The van der Waals surface area contributed by atoms with Crippen molar-refractivity contribution in [1.29, 1.82) is 5.26 Å². The van der Waals surface area contributed by atoms with E-state index in [2.05, 4.69) is 5.10 Å². The second-order valence-electron chi connectivity index (χ2n) is 7.48. The lowest BCUT2D eigenvalue weighted by Gasteiger charge is -2.40. The molecule has 1 fully saturated rings. The molecule has 0 radical (unpaired) electrons. The quantitative estimate of drug-likeness (QED) is 0.457. The van der Waals surface area contributed by atoms with E-state index in [9.17, 15) is 34.3 Å². The topological polar surface area (TPSA) is 114 Å². The minimum atomic E-state index is -10.1. The first-order chi connectivity index (χ1) is 15.4. The summed E-state index contributed by atoms with van der Waals surface area (Å²) in [6.07, 6.45) is -0.598. The van der Waals surface area contributed by atoms with Gasteiger partial charge in [0.25, 0.3) is 0 Å². The van der Waals surface area contributed by atoms with E-state index in [1.54, 1.807) is 6.07 Å². The zero-order chi connectivity index (χ0) is 25.9. The van der Waals surface area contributed by atoms with Crippen molar-refractivity contribution >= 4 is 51.2 Å². The fourth-order valence-electron chi connectivity index (χ4n) is 3.41. The van der Waals surface area contributed by atoms with Crippen LogP contribution in [0.4, 0.5) is 30.0 Å². The number of aromatic nitrogens is 2. The number of carbonyl (C=O) groups is 2. The van der Waals surface area contributed by atoms with Gasteiger partial charge in [-0.05, 0) is 31.9 Å². The van der Waals surface area contributed by atoms with Crippen molar-refractivity contribution < 1.29 is 33.8 Å². The number of carbonyl (C=O) groups excluding carboxylic acids is 2. The first kappa shape index (κ1) is 25.9. The minimum Gasteiger partial charge on any atom is -0.449 e. The third kappa shape index (κ3) is 4.35. The Labute approximate surface area is 199 Å². The minimum absolute atomic E-state index is 0.0349. The molecular weight excluding hydrogens is 532 g/mol. The third-order valence-corrected chi connectivity index (χ3v) is 6.88. The molecule has 2 aromatic rings. The molecule has 186 valence electrons. The second-order valence-corrected chi connectivity index (χ2v) is 10.7. The number of rotatable bonds is 6. The molecule has 1 saturated carbocycles. The van der Waals surface area contributed by atoms with Crippen LogP contribution >= 0.6 is 33.4 Å². The van der Waals surface area contributed by atoms with Crippen molar-refractivity contribution in [2.75, 3.05) is 18.6 Å². The van der Waals surface area contributed by atoms with Crippen LogP contribution in [-0.4, -0.2) is 35.4 Å². The van der Waals surface area contributed by atoms with Gasteiger partial charge >= 0.3 is 16.3 Å². The van der Waals surface area contributed by atoms with E-state index in [4.69, 9.17) is 33.7 Å². The molecule has 16 heteroatoms. The van der Waals surface area contributed by atoms with Crippen molar-refractivity contribution in [3.05, 3.63) is 33.4 Å². The standard InChI is InChI=1S/C18H16Cl2F5N5O3S/c1-3-33-17(32)29(2)15-13(18(4-5-18)16(27)31)12(8-26)28-30(15)14-10(19)6-9(7-11(14)20)34(21,22,23,24)25/h6-7H,3-5H2,1-2H3,(H2,27,31). The molecule has 1 aliphatic rings. The monoisotopic (exact) mass is 547 g/mol. The van der Waals surface area contributed by atoms with Crippen molar-refractivity contribution in [2.24, 2.45) is 5.73 Å². The van der Waals surface area contributed by atoms with E-state index in [-0.39, 0.29) is 43.0 Å². The summed E-state index contributed by atoms with van der Waals surface area (Å²) in [5.74, 6) is -1.13. The Morgan fingerprint density at radius 1 is 1.26 bits per heavy atom. The van der Waals surface area contributed by atoms with Gasteiger partial charge in [0, 0.05) is 12.6 Å². The first-order valence-electron chi connectivity index (χ1n) is 9.35. The highest BCUT2D eigenvalue weighted by Gasteiger charge is 2.65. The highest BCUT2D eigenvalue weighted by atomic mass is 35.5. The molecule has 1 aliphatic carbocycles. The molecule has 3 rings (SSSR count). The Morgan fingerprint density at radius 3 is 2.18 bits per heavy atom. The van der Waals surface area contributed by atoms with Crippen LogP contribution in [0.15, 0.2) is 17.0 Å². The van der Waals surface area contributed by atoms with Crippen molar-refractivity contribution in [3.8, 4) is 11.8 Å². The molecule has 1 aromatic carbocycles. The zero-order valence-corrected chi connectivity index (χ0v) is 19.7. The average Bonchev–Trinajstić information content (AvgIpc) is 3.41. The summed E-state index contributed by atoms with van der Waals surface area (Å²) < 4.78 is 72.2. The van der Waals surface area contributed by atoms with Gasteiger partial charge in [0.15, 0.2) is 5.69 Å². The van der Waals surface area contributed by atoms with E-state index in [1.165, 1.54) is 14.0 Å². The molecule has 0 atom stereocenters. The number of nitrogens with zero attached hydrogens (tertiary/aromatic N) is 4. The van der Waals surface area contributed by atoms with E-state index < -0.39 is 54.0 Å². The normalized spacial score (nSPS) is 16.7. The van der Waals surface area contributed by atoms with Gasteiger partial charge in [-0.25, -0.2) is 9.48 Å². The Morgan fingerprint density at radius 2 is 1.79 bits per heavy atom. The van der Waals surface area contributed by atoms with Gasteiger partial charge in [-0.1, -0.05) is 42.6 Å². The van der Waals surface area contributed by atoms with Crippen LogP contribution in [-0.2, 0) is 14.9 Å². The van der Waals surface area contributed by atoms with Crippen LogP contribution in [0.5, 0.6) is 0 Å². The van der Waals surface area contributed by atoms with Crippen LogP contribution in [0.2, 0.25) is 10.0 Å². The molecule has 8 nitrogen and oxygen atoms in total. The Balaban J connectivity index is 2.39. The Kier molecular flexibility index (Phi) is 5.60. The number of hydrogen-bond acceptors (Lipinski definition) is 5. The second kappa shape index (κ2) is 7.37. The molecule has 1 aromatic heterocycles. The Bertz CT molecular complexity index is 1250. The number of halogens is 7. The van der Waals surface area contributed by atoms with Gasteiger partial charge in [0.1, 0.15) is 22.5 Å². The number of ether oxygens (including phenoxy) is 1. The third-order valence-electron chi connectivity index (χ3n) is 5.17. The lowest BCUT2D eigenvalue weighted by Crippen LogP contribution is -2.34. The maximum Gasteiger partial charge on any atom is 0.415 e. The van der Waals surface area contributed by atoms with Crippen LogP contribution in [0.1, 0.15) is 31.0 Å². The molecule has 0 bridgehead atoms. The molecule has 2 N–H and O–H groups in total. The molecule has 0 unspecified atom stereocenters. The average molecular weight is 548 g/mol. The molecule has 0 saturated heterocycles. The van der Waals surface area contributed by atoms with E-state index >= 15 is 0 Å². The van der Waals surface area contributed by atoms with Crippen LogP contribution in [0.25, 0.3) is 5.69 Å². The van der Waals surface area contributed by atoms with E-state index in [0.717, 1.165) is 9.58 Å². The van der Waals surface area contributed by atoms with E-state index in [0.29, 0.717) is 0 Å². The molecular formula is C18H16Cl2F5N5O3S. The van der Waals surface area contributed by atoms with Gasteiger partial charge in [0.2, 0.25) is 5.91 Å². The first-order valence-corrected chi connectivity index (χ1v) is 12.1. The van der Waals surface area contributed by atoms with Gasteiger partial charge in [-0.3, -0.25) is 9.69 Å². The molecule has 2 amide bonds. The van der Waals surface area contributed by atoms with Crippen LogP contribution in [0.3, 0.4) is 0 Å². The number of nitrogens with two attached hydrogens (primary N) is 1. The fourth-order valence-corrected chi connectivity index (χ4v) is 4.87. The number of benzene rings is 1. The predicted octanol–water partition coefficient (Wildman–Crippen LogP) is 5.82. The highest BCUT2D eigenvalue weighted by molar-refractivity contribution is 8.45. The summed E-state index contributed by atoms with van der Waals surface area (Å²) in [5, 5.41) is 11.8. The number of anilines is 1. The van der Waals surface area contributed by atoms with Crippen LogP contribution < -0.4 is 10.6 Å². The van der Waals surface area contributed by atoms with Crippen molar-refractivity contribution in [1.82, 2.24) is 9.78 Å². The maximum atomic E-state index is 13.3. The Hall–Kier alpha value is -2.76. The van der Waals surface area contributed by atoms with Gasteiger partial charge in [-0.15, -0.1) is 0 Å². The maximum absolute atomic E-state index is 13.3. The summed E-state index contributed by atoms with van der Waals surface area (Å²) >= 11 is 11.9. The number of nitriles is 1.